The van der Waals surface area contributed by atoms with E-state index in [1.54, 1.807) is 6.08 Å². The second-order valence-electron chi connectivity index (χ2n) is 5.11. The van der Waals surface area contributed by atoms with Gasteiger partial charge in [-0.15, -0.1) is 6.58 Å². The van der Waals surface area contributed by atoms with Gasteiger partial charge in [-0.05, 0) is 19.8 Å². The number of nitrogens with zero attached hydrogens (tertiary/aromatic N) is 2. The Hall–Kier alpha value is -1.56. The summed E-state index contributed by atoms with van der Waals surface area (Å²) in [5.74, 6) is 0.150. The Bertz CT molecular complexity index is 478. The molecule has 6 heteroatoms. The number of carbonyl (C=O) groups excluding carboxylic acids is 1. The largest absolute Gasteiger partial charge is 0.382 e. The Morgan fingerprint density at radius 1 is 1.45 bits per heavy atom. The quantitative estimate of drug-likeness (QED) is 0.837. The lowest BCUT2D eigenvalue weighted by Gasteiger charge is -2.18. The Balaban J connectivity index is 2.11. The van der Waals surface area contributed by atoms with Gasteiger partial charge in [0.15, 0.2) is 5.13 Å². The van der Waals surface area contributed by atoms with E-state index in [1.807, 2.05) is 6.92 Å². The van der Waals surface area contributed by atoms with E-state index in [-0.39, 0.29) is 11.9 Å². The number of aromatic nitrogens is 1. The van der Waals surface area contributed by atoms with Crippen molar-refractivity contribution in [2.45, 2.75) is 38.6 Å². The van der Waals surface area contributed by atoms with Gasteiger partial charge in [-0.3, -0.25) is 4.79 Å². The summed E-state index contributed by atoms with van der Waals surface area (Å²) < 4.78 is 0. The van der Waals surface area contributed by atoms with Crippen LogP contribution in [-0.4, -0.2) is 30.0 Å². The Kier molecular flexibility index (Phi) is 5.00. The van der Waals surface area contributed by atoms with Crippen molar-refractivity contribution in [2.24, 2.45) is 0 Å². The van der Waals surface area contributed by atoms with Crippen molar-refractivity contribution in [3.8, 4) is 0 Å². The molecule has 0 bridgehead atoms. The zero-order chi connectivity index (χ0) is 14.5. The maximum absolute atomic E-state index is 12.1. The van der Waals surface area contributed by atoms with Crippen LogP contribution < -0.4 is 16.0 Å². The maximum Gasteiger partial charge on any atom is 0.265 e. The third-order valence-corrected chi connectivity index (χ3v) is 4.57. The molecule has 20 heavy (non-hydrogen) atoms. The van der Waals surface area contributed by atoms with Crippen molar-refractivity contribution in [2.75, 3.05) is 23.7 Å². The molecule has 1 aromatic rings. The molecule has 1 aromatic heterocycles. The van der Waals surface area contributed by atoms with Gasteiger partial charge in [-0.1, -0.05) is 30.3 Å². The number of rotatable bonds is 4. The van der Waals surface area contributed by atoms with Crippen molar-refractivity contribution in [1.82, 2.24) is 10.3 Å². The average molecular weight is 294 g/mol. The van der Waals surface area contributed by atoms with Gasteiger partial charge in [0.05, 0.1) is 0 Å². The third kappa shape index (κ3) is 3.50. The first-order chi connectivity index (χ1) is 9.61. The van der Waals surface area contributed by atoms with Crippen molar-refractivity contribution >= 4 is 28.2 Å². The summed E-state index contributed by atoms with van der Waals surface area (Å²) in [6.07, 6.45) is 6.57. The Morgan fingerprint density at radius 2 is 2.10 bits per heavy atom. The van der Waals surface area contributed by atoms with E-state index >= 15 is 0 Å². The van der Waals surface area contributed by atoms with Crippen LogP contribution >= 0.6 is 11.3 Å². The molecule has 2 rings (SSSR count). The highest BCUT2D eigenvalue weighted by molar-refractivity contribution is 7.18. The van der Waals surface area contributed by atoms with Gasteiger partial charge in [0.2, 0.25) is 0 Å². The van der Waals surface area contributed by atoms with Crippen LogP contribution in [0.1, 0.15) is 42.3 Å². The van der Waals surface area contributed by atoms with Crippen LogP contribution in [0.15, 0.2) is 12.7 Å². The fraction of sp³-hybridized carbons (Fsp3) is 0.571. The normalized spacial score (nSPS) is 17.4. The van der Waals surface area contributed by atoms with Crippen molar-refractivity contribution in [3.05, 3.63) is 17.5 Å². The summed E-state index contributed by atoms with van der Waals surface area (Å²) >= 11 is 1.38. The fourth-order valence-electron chi connectivity index (χ4n) is 2.21. The summed E-state index contributed by atoms with van der Waals surface area (Å²) in [7, 11) is 0. The molecule has 0 radical (unpaired) electrons. The number of amides is 1. The van der Waals surface area contributed by atoms with Crippen molar-refractivity contribution in [1.29, 1.82) is 0 Å². The number of hydrogen-bond donors (Lipinski definition) is 2. The van der Waals surface area contributed by atoms with Crippen LogP contribution in [0.4, 0.5) is 10.9 Å². The highest BCUT2D eigenvalue weighted by Crippen LogP contribution is 2.29. The molecule has 1 aliphatic rings. The highest BCUT2D eigenvalue weighted by Gasteiger charge is 2.20. The third-order valence-electron chi connectivity index (χ3n) is 3.44. The predicted molar refractivity (Wildman–Crippen MR) is 84.3 cm³/mol. The van der Waals surface area contributed by atoms with Crippen LogP contribution in [0.3, 0.4) is 0 Å². The summed E-state index contributed by atoms with van der Waals surface area (Å²) in [6.45, 7) is 7.52. The molecule has 0 spiro atoms. The summed E-state index contributed by atoms with van der Waals surface area (Å²) in [5, 5.41) is 3.69. The molecule has 0 aliphatic carbocycles. The minimum absolute atomic E-state index is 0.0781. The molecule has 1 amide bonds. The molecule has 1 fully saturated rings. The lowest BCUT2D eigenvalue weighted by Crippen LogP contribution is -2.30. The van der Waals surface area contributed by atoms with Gasteiger partial charge in [-0.2, -0.15) is 0 Å². The van der Waals surface area contributed by atoms with Gasteiger partial charge in [0, 0.05) is 19.1 Å². The van der Waals surface area contributed by atoms with Gasteiger partial charge in [-0.25, -0.2) is 4.98 Å². The van der Waals surface area contributed by atoms with Crippen LogP contribution in [0.2, 0.25) is 0 Å². The first-order valence-electron chi connectivity index (χ1n) is 7.06. The van der Waals surface area contributed by atoms with Crippen LogP contribution in [0.25, 0.3) is 0 Å². The number of nitrogen functional groups attached to an aromatic ring is 1. The number of nitrogens with one attached hydrogen (secondary N) is 1. The average Bonchev–Trinajstić information content (AvgIpc) is 2.66. The lowest BCUT2D eigenvalue weighted by molar-refractivity contribution is 0.0951. The van der Waals surface area contributed by atoms with Crippen LogP contribution in [-0.2, 0) is 0 Å². The van der Waals surface area contributed by atoms with Gasteiger partial charge in [0.1, 0.15) is 10.7 Å². The summed E-state index contributed by atoms with van der Waals surface area (Å²) in [6, 6.07) is -0.0781. The number of nitrogens with two attached hydrogens (primary N) is 1. The minimum atomic E-state index is -0.173. The molecule has 1 atom stereocenters. The molecule has 0 saturated carbocycles. The topological polar surface area (TPSA) is 71.2 Å². The lowest BCUT2D eigenvalue weighted by atomic mass is 10.2. The monoisotopic (exact) mass is 294 g/mol. The van der Waals surface area contributed by atoms with E-state index in [4.69, 9.17) is 5.73 Å². The van der Waals surface area contributed by atoms with Gasteiger partial charge >= 0.3 is 0 Å². The molecule has 110 valence electrons. The van der Waals surface area contributed by atoms with E-state index in [0.717, 1.165) is 18.2 Å². The number of anilines is 2. The van der Waals surface area contributed by atoms with E-state index in [1.165, 1.54) is 37.0 Å². The van der Waals surface area contributed by atoms with Crippen LogP contribution in [0.5, 0.6) is 0 Å². The first kappa shape index (κ1) is 14.8. The molecule has 5 nitrogen and oxygen atoms in total. The molecular formula is C14H22N4OS. The second-order valence-corrected chi connectivity index (χ2v) is 6.09. The molecule has 1 saturated heterocycles. The summed E-state index contributed by atoms with van der Waals surface area (Å²) in [5.41, 5.74) is 5.89. The zero-order valence-corrected chi connectivity index (χ0v) is 12.7. The maximum atomic E-state index is 12.1. The smallest absolute Gasteiger partial charge is 0.265 e. The molecule has 0 aromatic carbocycles. The van der Waals surface area contributed by atoms with Crippen molar-refractivity contribution in [3.63, 3.8) is 0 Å². The molecule has 2 heterocycles. The Morgan fingerprint density at radius 3 is 2.70 bits per heavy atom. The molecule has 3 N–H and O–H groups in total. The fourth-order valence-corrected chi connectivity index (χ4v) is 3.15. The zero-order valence-electron chi connectivity index (χ0n) is 11.9. The Labute approximate surface area is 123 Å². The SMILES string of the molecule is C=CC(C)NC(=O)c1sc(N2CCCCCC2)nc1N. The van der Waals surface area contributed by atoms with E-state index in [2.05, 4.69) is 21.8 Å². The van der Waals surface area contributed by atoms with Gasteiger partial charge in [0.25, 0.3) is 5.91 Å². The number of carbonyl (C=O) groups is 1. The molecular weight excluding hydrogens is 272 g/mol. The highest BCUT2D eigenvalue weighted by atomic mass is 32.1. The van der Waals surface area contributed by atoms with E-state index in [9.17, 15) is 4.79 Å². The second kappa shape index (κ2) is 6.74. The van der Waals surface area contributed by atoms with E-state index in [0.29, 0.717) is 10.7 Å². The first-order valence-corrected chi connectivity index (χ1v) is 7.88. The standard InChI is InChI=1S/C14H22N4OS/c1-3-10(2)16-13(19)11-12(15)17-14(20-11)18-8-6-4-5-7-9-18/h3,10H,1,4-9,15H2,2H3,(H,16,19). The predicted octanol–water partition coefficient (Wildman–Crippen LogP) is 2.41. The molecule has 1 unspecified atom stereocenters. The summed E-state index contributed by atoms with van der Waals surface area (Å²) in [4.78, 5) is 19.2. The van der Waals surface area contributed by atoms with Crippen molar-refractivity contribution < 1.29 is 4.79 Å². The van der Waals surface area contributed by atoms with Crippen LogP contribution in [0, 0.1) is 0 Å². The number of thiazole rings is 1. The minimum Gasteiger partial charge on any atom is -0.382 e. The molecule has 1 aliphatic heterocycles. The number of hydrogen-bond acceptors (Lipinski definition) is 5. The van der Waals surface area contributed by atoms with Gasteiger partial charge < -0.3 is 16.0 Å². The van der Waals surface area contributed by atoms with E-state index < -0.39 is 0 Å².